The second kappa shape index (κ2) is 9.20. The minimum atomic E-state index is -0.113. The Balaban J connectivity index is 3.27. The molecule has 0 spiro atoms. The second-order valence-corrected chi connectivity index (χ2v) is 9.63. The van der Waals surface area contributed by atoms with Gasteiger partial charge in [-0.15, -0.1) is 0 Å². The number of rotatable bonds is 9. The van der Waals surface area contributed by atoms with Crippen molar-refractivity contribution in [2.45, 2.75) is 87.5 Å². The van der Waals surface area contributed by atoms with E-state index in [-0.39, 0.29) is 16.6 Å². The van der Waals surface area contributed by atoms with Gasteiger partial charge in [0.05, 0.1) is 0 Å². The highest BCUT2D eigenvalue weighted by atomic mass is 19.1. The molecule has 0 fully saturated rings. The highest BCUT2D eigenvalue weighted by Crippen LogP contribution is 2.49. The van der Waals surface area contributed by atoms with Crippen molar-refractivity contribution in [3.8, 4) is 0 Å². The molecule has 1 atom stereocenters. The molecule has 0 aromatic heterocycles. The maximum Gasteiger partial charge on any atom is 0.126 e. The monoisotopic (exact) mass is 360 g/mol. The summed E-state index contributed by atoms with van der Waals surface area (Å²) < 4.78 is 13.7. The molecule has 0 amide bonds. The zero-order chi connectivity index (χ0) is 20.1. The van der Waals surface area contributed by atoms with Crippen molar-refractivity contribution in [1.82, 2.24) is 0 Å². The summed E-state index contributed by atoms with van der Waals surface area (Å²) in [6, 6.07) is 5.60. The van der Waals surface area contributed by atoms with Crippen LogP contribution in [0.25, 0.3) is 0 Å². The number of halogens is 1. The Bertz CT molecular complexity index is 583. The summed E-state index contributed by atoms with van der Waals surface area (Å²) in [5, 5.41) is 0. The van der Waals surface area contributed by atoms with Gasteiger partial charge in [0.2, 0.25) is 0 Å². The van der Waals surface area contributed by atoms with Crippen LogP contribution in [0.1, 0.15) is 85.3 Å². The van der Waals surface area contributed by atoms with Crippen LogP contribution >= 0.6 is 0 Å². The van der Waals surface area contributed by atoms with Crippen molar-refractivity contribution in [3.63, 3.8) is 0 Å². The van der Waals surface area contributed by atoms with Gasteiger partial charge in [0, 0.05) is 0 Å². The molecule has 0 aliphatic heterocycles. The van der Waals surface area contributed by atoms with Crippen molar-refractivity contribution < 1.29 is 4.39 Å². The summed E-state index contributed by atoms with van der Waals surface area (Å²) in [5.74, 6) is 0.969. The number of hydrogen-bond donors (Lipinski definition) is 0. The topological polar surface area (TPSA) is 0 Å². The van der Waals surface area contributed by atoms with Gasteiger partial charge in [0.25, 0.3) is 0 Å². The fourth-order valence-electron chi connectivity index (χ4n) is 3.90. The maximum atomic E-state index is 13.7. The Morgan fingerprint density at radius 2 is 1.58 bits per heavy atom. The average Bonchev–Trinajstić information content (AvgIpc) is 2.54. The van der Waals surface area contributed by atoms with Crippen molar-refractivity contribution >= 4 is 0 Å². The molecule has 0 saturated carbocycles. The SMILES string of the molecule is C=C(C(Cc1ccc(F)c(C)c1)C(CCC)CCC)C(C)(C)C(C)(C)C. The highest BCUT2D eigenvalue weighted by molar-refractivity contribution is 5.27. The van der Waals surface area contributed by atoms with E-state index in [0.717, 1.165) is 12.0 Å². The minimum Gasteiger partial charge on any atom is -0.207 e. The lowest BCUT2D eigenvalue weighted by atomic mass is 9.59. The molecule has 148 valence electrons. The number of aryl methyl sites for hydroxylation is 1. The van der Waals surface area contributed by atoms with Gasteiger partial charge in [-0.2, -0.15) is 0 Å². The zero-order valence-corrected chi connectivity index (χ0v) is 18.5. The molecule has 0 aliphatic rings. The van der Waals surface area contributed by atoms with Crippen LogP contribution in [-0.4, -0.2) is 0 Å². The standard InChI is InChI=1S/C25H41F/c1-10-12-21(13-11-2)22(19(4)25(8,9)24(5,6)7)17-20-14-15-23(26)18(3)16-20/h14-16,21-22H,4,10-13,17H2,1-3,5-9H3. The van der Waals surface area contributed by atoms with E-state index in [1.807, 2.05) is 19.1 Å². The quantitative estimate of drug-likeness (QED) is 0.390. The predicted octanol–water partition coefficient (Wildman–Crippen LogP) is 8.14. The summed E-state index contributed by atoms with van der Waals surface area (Å²) in [6.45, 7) is 22.7. The third-order valence-electron chi connectivity index (χ3n) is 6.69. The van der Waals surface area contributed by atoms with E-state index in [1.165, 1.54) is 36.8 Å². The molecule has 0 radical (unpaired) electrons. The minimum absolute atomic E-state index is 0.0481. The molecule has 1 rings (SSSR count). The van der Waals surface area contributed by atoms with Crippen molar-refractivity contribution in [1.29, 1.82) is 0 Å². The Kier molecular flexibility index (Phi) is 8.11. The molecule has 0 heterocycles. The Labute approximate surface area is 162 Å². The number of allylic oxidation sites excluding steroid dienone is 1. The van der Waals surface area contributed by atoms with Gasteiger partial charge >= 0.3 is 0 Å². The summed E-state index contributed by atoms with van der Waals surface area (Å²) in [4.78, 5) is 0. The molecule has 0 nitrogen and oxygen atoms in total. The first-order valence-corrected chi connectivity index (χ1v) is 10.4. The van der Waals surface area contributed by atoms with Crippen LogP contribution < -0.4 is 0 Å². The van der Waals surface area contributed by atoms with E-state index in [9.17, 15) is 4.39 Å². The van der Waals surface area contributed by atoms with Crippen LogP contribution in [0.3, 0.4) is 0 Å². The third-order valence-corrected chi connectivity index (χ3v) is 6.69. The lowest BCUT2D eigenvalue weighted by molar-refractivity contribution is 0.145. The van der Waals surface area contributed by atoms with E-state index in [2.05, 4.69) is 55.0 Å². The number of hydrogen-bond acceptors (Lipinski definition) is 0. The van der Waals surface area contributed by atoms with E-state index in [1.54, 1.807) is 6.07 Å². The molecular formula is C25H41F. The normalized spacial score (nSPS) is 13.9. The molecule has 0 N–H and O–H groups in total. The van der Waals surface area contributed by atoms with Gasteiger partial charge in [-0.1, -0.05) is 98.4 Å². The van der Waals surface area contributed by atoms with Crippen molar-refractivity contribution in [2.24, 2.45) is 22.7 Å². The molecular weight excluding hydrogens is 319 g/mol. The first-order chi connectivity index (χ1) is 12.0. The highest BCUT2D eigenvalue weighted by Gasteiger charge is 2.40. The first-order valence-electron chi connectivity index (χ1n) is 10.4. The van der Waals surface area contributed by atoms with Gasteiger partial charge < -0.3 is 0 Å². The Morgan fingerprint density at radius 3 is 2.00 bits per heavy atom. The Hall–Kier alpha value is -1.11. The molecule has 1 heteroatoms. The van der Waals surface area contributed by atoms with E-state index >= 15 is 0 Å². The van der Waals surface area contributed by atoms with E-state index < -0.39 is 0 Å². The number of benzene rings is 1. The molecule has 0 bridgehead atoms. The molecule has 1 aromatic rings. The smallest absolute Gasteiger partial charge is 0.126 e. The van der Waals surface area contributed by atoms with E-state index in [0.29, 0.717) is 11.8 Å². The summed E-state index contributed by atoms with van der Waals surface area (Å²) in [7, 11) is 0. The molecule has 0 saturated heterocycles. The van der Waals surface area contributed by atoms with Crippen LogP contribution in [0.15, 0.2) is 30.4 Å². The van der Waals surface area contributed by atoms with Crippen molar-refractivity contribution in [2.75, 3.05) is 0 Å². The van der Waals surface area contributed by atoms with Crippen LogP contribution in [0.5, 0.6) is 0 Å². The van der Waals surface area contributed by atoms with Crippen LogP contribution in [0.2, 0.25) is 0 Å². The fraction of sp³-hybridized carbons (Fsp3) is 0.680. The average molecular weight is 361 g/mol. The summed E-state index contributed by atoms with van der Waals surface area (Å²) in [5.41, 5.74) is 3.54. The summed E-state index contributed by atoms with van der Waals surface area (Å²) >= 11 is 0. The molecule has 1 aromatic carbocycles. The third kappa shape index (κ3) is 5.44. The van der Waals surface area contributed by atoms with Gasteiger partial charge in [-0.3, -0.25) is 0 Å². The Morgan fingerprint density at radius 1 is 1.04 bits per heavy atom. The van der Waals surface area contributed by atoms with Crippen LogP contribution in [-0.2, 0) is 6.42 Å². The first kappa shape index (κ1) is 22.9. The van der Waals surface area contributed by atoms with Crippen LogP contribution in [0, 0.1) is 35.4 Å². The molecule has 0 aliphatic carbocycles. The predicted molar refractivity (Wildman–Crippen MR) is 114 cm³/mol. The lowest BCUT2D eigenvalue weighted by Crippen LogP contribution is -2.36. The van der Waals surface area contributed by atoms with Gasteiger partial charge in [0.1, 0.15) is 5.82 Å². The zero-order valence-electron chi connectivity index (χ0n) is 18.5. The second-order valence-electron chi connectivity index (χ2n) is 9.63. The van der Waals surface area contributed by atoms with Gasteiger partial charge in [-0.05, 0) is 53.2 Å². The maximum absolute atomic E-state index is 13.7. The largest absolute Gasteiger partial charge is 0.207 e. The van der Waals surface area contributed by atoms with Gasteiger partial charge in [0.15, 0.2) is 0 Å². The summed E-state index contributed by atoms with van der Waals surface area (Å²) in [6.07, 6.45) is 5.83. The fourth-order valence-corrected chi connectivity index (χ4v) is 3.90. The van der Waals surface area contributed by atoms with Crippen molar-refractivity contribution in [3.05, 3.63) is 47.3 Å². The molecule has 1 unspecified atom stereocenters. The molecule has 26 heavy (non-hydrogen) atoms. The van der Waals surface area contributed by atoms with Gasteiger partial charge in [-0.25, -0.2) is 4.39 Å². The van der Waals surface area contributed by atoms with Crippen LogP contribution in [0.4, 0.5) is 4.39 Å². The van der Waals surface area contributed by atoms with E-state index in [4.69, 9.17) is 0 Å². The lowest BCUT2D eigenvalue weighted by Gasteiger charge is -2.45.